The van der Waals surface area contributed by atoms with Crippen molar-refractivity contribution in [2.75, 3.05) is 0 Å². The fourth-order valence-electron chi connectivity index (χ4n) is 0.294. The zero-order valence-corrected chi connectivity index (χ0v) is 5.56. The summed E-state index contributed by atoms with van der Waals surface area (Å²) in [6.45, 7) is 0. The molecule has 0 unspecified atom stereocenters. The van der Waals surface area contributed by atoms with Crippen LogP contribution in [-0.4, -0.2) is 11.7 Å². The summed E-state index contributed by atoms with van der Waals surface area (Å²) in [6.07, 6.45) is 0.529. The van der Waals surface area contributed by atoms with E-state index in [1.165, 1.54) is 0 Å². The fourth-order valence-corrected chi connectivity index (χ4v) is 0.378. The summed E-state index contributed by atoms with van der Waals surface area (Å²) in [6, 6.07) is 0. The van der Waals surface area contributed by atoms with E-state index in [0.717, 1.165) is 0 Å². The van der Waals surface area contributed by atoms with E-state index in [0.29, 0.717) is 6.42 Å². The van der Waals surface area contributed by atoms with Crippen molar-refractivity contribution in [3.8, 4) is 0 Å². The second kappa shape index (κ2) is 4.14. The van der Waals surface area contributed by atoms with Crippen LogP contribution in [0.15, 0.2) is 4.51 Å². The minimum atomic E-state index is -0.404. The molecule has 9 heavy (non-hydrogen) atoms. The van der Waals surface area contributed by atoms with Crippen LogP contribution in [0.1, 0.15) is 12.8 Å². The molecule has 0 heterocycles. The van der Waals surface area contributed by atoms with Crippen molar-refractivity contribution in [2.24, 2.45) is 16.0 Å². The number of amides is 1. The third kappa shape index (κ3) is 5.10. The number of carbonyl (C=O) groups is 1. The third-order valence-corrected chi connectivity index (χ3v) is 0.953. The lowest BCUT2D eigenvalue weighted by molar-refractivity contribution is -0.117. The molecule has 0 aromatic rings. The van der Waals surface area contributed by atoms with Gasteiger partial charge in [-0.05, 0) is 0 Å². The van der Waals surface area contributed by atoms with Crippen LogP contribution in [0.25, 0.3) is 0 Å². The molecule has 1 amide bonds. The third-order valence-electron chi connectivity index (χ3n) is 0.736. The van der Waals surface area contributed by atoms with E-state index in [1.807, 2.05) is 0 Å². The number of rotatable bonds is 3. The zero-order chi connectivity index (χ0) is 7.28. The highest BCUT2D eigenvalue weighted by Gasteiger charge is 1.95. The summed E-state index contributed by atoms with van der Waals surface area (Å²) >= 11 is 4.95. The Morgan fingerprint density at radius 1 is 1.44 bits per heavy atom. The van der Waals surface area contributed by atoms with Crippen LogP contribution >= 0.6 is 11.8 Å². The van der Waals surface area contributed by atoms with Crippen molar-refractivity contribution in [1.29, 1.82) is 0 Å². The molecule has 0 aliphatic rings. The SMILES string of the molecule is NC(=O)CCC(N)=NCl. The van der Waals surface area contributed by atoms with Crippen LogP contribution < -0.4 is 11.5 Å². The van der Waals surface area contributed by atoms with Gasteiger partial charge in [-0.25, -0.2) is 0 Å². The second-order valence-electron chi connectivity index (χ2n) is 1.54. The molecule has 0 saturated carbocycles. The molecule has 0 fully saturated rings. The largest absolute Gasteiger partial charge is 0.386 e. The highest BCUT2D eigenvalue weighted by molar-refractivity contribution is 6.19. The quantitative estimate of drug-likeness (QED) is 0.429. The van der Waals surface area contributed by atoms with Gasteiger partial charge in [0.15, 0.2) is 0 Å². The minimum Gasteiger partial charge on any atom is -0.386 e. The molecule has 0 aliphatic heterocycles. The number of hydrogen-bond acceptors (Lipinski definition) is 2. The van der Waals surface area contributed by atoms with E-state index in [9.17, 15) is 4.79 Å². The summed E-state index contributed by atoms with van der Waals surface area (Å²) in [7, 11) is 0. The lowest BCUT2D eigenvalue weighted by atomic mass is 10.3. The first kappa shape index (κ1) is 8.23. The molecule has 0 spiro atoms. The van der Waals surface area contributed by atoms with Gasteiger partial charge >= 0.3 is 0 Å². The molecule has 0 radical (unpaired) electrons. The zero-order valence-electron chi connectivity index (χ0n) is 4.80. The first-order valence-electron chi connectivity index (χ1n) is 2.38. The topological polar surface area (TPSA) is 81.5 Å². The van der Waals surface area contributed by atoms with E-state index >= 15 is 0 Å². The Balaban J connectivity index is 3.39. The molecular weight excluding hydrogens is 142 g/mol. The number of nitrogens with two attached hydrogens (primary N) is 2. The molecule has 0 aromatic heterocycles. The molecule has 0 aromatic carbocycles. The van der Waals surface area contributed by atoms with Gasteiger partial charge < -0.3 is 11.5 Å². The van der Waals surface area contributed by atoms with Crippen LogP contribution in [0.2, 0.25) is 0 Å². The van der Waals surface area contributed by atoms with Crippen LogP contribution in [-0.2, 0) is 4.79 Å². The van der Waals surface area contributed by atoms with E-state index in [-0.39, 0.29) is 12.3 Å². The number of halogens is 1. The van der Waals surface area contributed by atoms with Crippen molar-refractivity contribution in [3.63, 3.8) is 0 Å². The van der Waals surface area contributed by atoms with Crippen molar-refractivity contribution < 1.29 is 4.79 Å². The first-order valence-corrected chi connectivity index (χ1v) is 2.72. The average Bonchev–Trinajstić information content (AvgIpc) is 1.83. The Morgan fingerprint density at radius 2 is 2.00 bits per heavy atom. The highest BCUT2D eigenvalue weighted by atomic mass is 35.5. The van der Waals surface area contributed by atoms with Crippen molar-refractivity contribution in [1.82, 2.24) is 0 Å². The predicted octanol–water partition coefficient (Wildman–Crippen LogP) is -0.237. The summed E-state index contributed by atoms with van der Waals surface area (Å²) < 4.78 is 3.12. The molecule has 0 atom stereocenters. The summed E-state index contributed by atoms with van der Waals surface area (Å²) in [5.41, 5.74) is 9.93. The monoisotopic (exact) mass is 149 g/mol. The fraction of sp³-hybridized carbons (Fsp3) is 0.500. The van der Waals surface area contributed by atoms with Gasteiger partial charge in [-0.1, -0.05) is 0 Å². The Hall–Kier alpha value is -0.770. The lowest BCUT2D eigenvalue weighted by Crippen LogP contribution is -2.16. The molecule has 0 rings (SSSR count). The molecule has 5 heteroatoms. The van der Waals surface area contributed by atoms with Gasteiger partial charge in [-0.3, -0.25) is 4.79 Å². The normalized spacial score (nSPS) is 11.4. The molecule has 4 nitrogen and oxygen atoms in total. The lowest BCUT2D eigenvalue weighted by Gasteiger charge is -1.92. The Bertz CT molecular complexity index is 134. The van der Waals surface area contributed by atoms with Gasteiger partial charge in [0.05, 0.1) is 0 Å². The van der Waals surface area contributed by atoms with E-state index in [4.69, 9.17) is 23.2 Å². The van der Waals surface area contributed by atoms with Gasteiger partial charge in [0.2, 0.25) is 5.91 Å². The van der Waals surface area contributed by atoms with Crippen molar-refractivity contribution >= 4 is 23.5 Å². The maximum Gasteiger partial charge on any atom is 0.217 e. The molecule has 4 N–H and O–H groups in total. The van der Waals surface area contributed by atoms with Gasteiger partial charge in [0, 0.05) is 24.6 Å². The van der Waals surface area contributed by atoms with Gasteiger partial charge in [-0.2, -0.15) is 4.51 Å². The standard InChI is InChI=1S/C4H8ClN3O/c5-8-3(6)1-2-4(7)9/h1-2H2,(H2,6,8)(H2,7,9). The second-order valence-corrected chi connectivity index (χ2v) is 1.71. The molecule has 0 bridgehead atoms. The Kier molecular flexibility index (Phi) is 3.79. The number of amidine groups is 1. The van der Waals surface area contributed by atoms with Crippen molar-refractivity contribution in [2.45, 2.75) is 12.8 Å². The summed E-state index contributed by atoms with van der Waals surface area (Å²) in [5.74, 6) is -0.172. The van der Waals surface area contributed by atoms with E-state index < -0.39 is 5.91 Å². The minimum absolute atomic E-state index is 0.196. The smallest absolute Gasteiger partial charge is 0.217 e. The van der Waals surface area contributed by atoms with Gasteiger partial charge in [0.1, 0.15) is 5.84 Å². The maximum atomic E-state index is 10.1. The van der Waals surface area contributed by atoms with Crippen molar-refractivity contribution in [3.05, 3.63) is 0 Å². The number of carbonyl (C=O) groups excluding carboxylic acids is 1. The predicted molar refractivity (Wildman–Crippen MR) is 35.9 cm³/mol. The molecule has 0 saturated heterocycles. The van der Waals surface area contributed by atoms with Crippen LogP contribution in [0.3, 0.4) is 0 Å². The Labute approximate surface area is 58.0 Å². The van der Waals surface area contributed by atoms with Crippen LogP contribution in [0.5, 0.6) is 0 Å². The molecule has 0 aliphatic carbocycles. The Morgan fingerprint density at radius 3 is 2.33 bits per heavy atom. The summed E-state index contributed by atoms with van der Waals surface area (Å²) in [5, 5.41) is 0. The number of hydrogen-bond donors (Lipinski definition) is 2. The van der Waals surface area contributed by atoms with Gasteiger partial charge in [-0.15, -0.1) is 0 Å². The molecule has 52 valence electrons. The van der Waals surface area contributed by atoms with Crippen LogP contribution in [0.4, 0.5) is 0 Å². The van der Waals surface area contributed by atoms with E-state index in [1.54, 1.807) is 0 Å². The van der Waals surface area contributed by atoms with Crippen LogP contribution in [0, 0.1) is 0 Å². The van der Waals surface area contributed by atoms with E-state index in [2.05, 4.69) is 4.51 Å². The highest BCUT2D eigenvalue weighted by Crippen LogP contribution is 1.88. The maximum absolute atomic E-state index is 10.1. The number of nitrogens with zero attached hydrogens (tertiary/aromatic N) is 1. The van der Waals surface area contributed by atoms with Gasteiger partial charge in [0.25, 0.3) is 0 Å². The number of primary amides is 1. The first-order chi connectivity index (χ1) is 4.16. The average molecular weight is 150 g/mol. The summed E-state index contributed by atoms with van der Waals surface area (Å²) in [4.78, 5) is 10.1. The molecular formula is C4H8ClN3O.